The minimum Gasteiger partial charge on any atom is -0.406 e. The summed E-state index contributed by atoms with van der Waals surface area (Å²) in [4.78, 5) is 11.3. The summed E-state index contributed by atoms with van der Waals surface area (Å²) in [6.45, 7) is 1.93. The fourth-order valence-electron chi connectivity index (χ4n) is 1.55. The van der Waals surface area contributed by atoms with Gasteiger partial charge in [-0.15, -0.1) is 13.2 Å². The van der Waals surface area contributed by atoms with Crippen LogP contribution in [0, 0.1) is 0 Å². The van der Waals surface area contributed by atoms with Gasteiger partial charge in [0.25, 0.3) is 0 Å². The lowest BCUT2D eigenvalue weighted by Gasteiger charge is -2.09. The van der Waals surface area contributed by atoms with E-state index >= 15 is 0 Å². The molecule has 0 spiro atoms. The van der Waals surface area contributed by atoms with Crippen LogP contribution in [0.1, 0.15) is 31.7 Å². The van der Waals surface area contributed by atoms with E-state index < -0.39 is 6.36 Å². The molecule has 0 aromatic heterocycles. The molecule has 100 valence electrons. The first-order valence-electron chi connectivity index (χ1n) is 5.77. The molecule has 0 aliphatic carbocycles. The Labute approximate surface area is 104 Å². The van der Waals surface area contributed by atoms with Crippen LogP contribution in [0.4, 0.5) is 13.2 Å². The normalized spacial score (nSPS) is 11.3. The number of rotatable bonds is 6. The van der Waals surface area contributed by atoms with Gasteiger partial charge in [-0.25, -0.2) is 0 Å². The van der Waals surface area contributed by atoms with Gasteiger partial charge in [0.1, 0.15) is 11.5 Å². The molecule has 18 heavy (non-hydrogen) atoms. The summed E-state index contributed by atoms with van der Waals surface area (Å²) in [6.07, 6.45) is -2.33. The SMILES string of the molecule is CCCC(=O)CCc1ccc(OC(F)(F)F)cc1. The molecule has 0 radical (unpaired) electrons. The molecule has 2 nitrogen and oxygen atoms in total. The average molecular weight is 260 g/mol. The number of alkyl halides is 3. The van der Waals surface area contributed by atoms with Crippen molar-refractivity contribution in [2.45, 2.75) is 39.0 Å². The highest BCUT2D eigenvalue weighted by molar-refractivity contribution is 5.78. The van der Waals surface area contributed by atoms with Gasteiger partial charge in [-0.2, -0.15) is 0 Å². The van der Waals surface area contributed by atoms with Gasteiger partial charge >= 0.3 is 6.36 Å². The van der Waals surface area contributed by atoms with Crippen molar-refractivity contribution in [2.75, 3.05) is 0 Å². The Morgan fingerprint density at radius 3 is 2.28 bits per heavy atom. The number of ketones is 1. The van der Waals surface area contributed by atoms with Gasteiger partial charge in [0.15, 0.2) is 0 Å². The van der Waals surface area contributed by atoms with Crippen molar-refractivity contribution >= 4 is 5.78 Å². The molecule has 0 atom stereocenters. The third-order valence-corrected chi connectivity index (χ3v) is 2.38. The highest BCUT2D eigenvalue weighted by Gasteiger charge is 2.30. The van der Waals surface area contributed by atoms with Crippen LogP contribution in [-0.4, -0.2) is 12.1 Å². The molecule has 0 unspecified atom stereocenters. The maximum absolute atomic E-state index is 11.9. The maximum atomic E-state index is 11.9. The first-order chi connectivity index (χ1) is 8.40. The van der Waals surface area contributed by atoms with Crippen LogP contribution in [0.3, 0.4) is 0 Å². The Morgan fingerprint density at radius 2 is 1.78 bits per heavy atom. The summed E-state index contributed by atoms with van der Waals surface area (Å²) in [7, 11) is 0. The number of hydrogen-bond donors (Lipinski definition) is 0. The first kappa shape index (κ1) is 14.5. The first-order valence-corrected chi connectivity index (χ1v) is 5.77. The van der Waals surface area contributed by atoms with Gasteiger partial charge < -0.3 is 4.74 Å². The van der Waals surface area contributed by atoms with E-state index in [0.29, 0.717) is 19.3 Å². The summed E-state index contributed by atoms with van der Waals surface area (Å²) in [5, 5.41) is 0. The molecule has 0 aliphatic rings. The topological polar surface area (TPSA) is 26.3 Å². The average Bonchev–Trinajstić information content (AvgIpc) is 2.26. The molecular weight excluding hydrogens is 245 g/mol. The van der Waals surface area contributed by atoms with Crippen LogP contribution in [0.2, 0.25) is 0 Å². The van der Waals surface area contributed by atoms with E-state index in [1.54, 1.807) is 12.1 Å². The van der Waals surface area contributed by atoms with Gasteiger partial charge in [0.2, 0.25) is 0 Å². The molecule has 0 heterocycles. The lowest BCUT2D eigenvalue weighted by molar-refractivity contribution is -0.274. The van der Waals surface area contributed by atoms with E-state index in [4.69, 9.17) is 0 Å². The van der Waals surface area contributed by atoms with Crippen molar-refractivity contribution in [1.82, 2.24) is 0 Å². The van der Waals surface area contributed by atoms with E-state index in [1.807, 2.05) is 6.92 Å². The van der Waals surface area contributed by atoms with Crippen LogP contribution >= 0.6 is 0 Å². The Balaban J connectivity index is 2.48. The van der Waals surface area contributed by atoms with Gasteiger partial charge in [-0.1, -0.05) is 19.1 Å². The van der Waals surface area contributed by atoms with Crippen molar-refractivity contribution in [3.63, 3.8) is 0 Å². The molecule has 1 aromatic rings. The minimum atomic E-state index is -4.67. The van der Waals surface area contributed by atoms with E-state index in [-0.39, 0.29) is 11.5 Å². The summed E-state index contributed by atoms with van der Waals surface area (Å²) in [6, 6.07) is 5.60. The van der Waals surface area contributed by atoms with E-state index in [1.165, 1.54) is 12.1 Å². The number of aryl methyl sites for hydroxylation is 1. The fraction of sp³-hybridized carbons (Fsp3) is 0.462. The Morgan fingerprint density at radius 1 is 1.17 bits per heavy atom. The molecule has 0 N–H and O–H groups in total. The highest BCUT2D eigenvalue weighted by atomic mass is 19.4. The highest BCUT2D eigenvalue weighted by Crippen LogP contribution is 2.23. The third kappa shape index (κ3) is 5.70. The molecule has 5 heteroatoms. The predicted octanol–water partition coefficient (Wildman–Crippen LogP) is 3.89. The Hall–Kier alpha value is -1.52. The molecule has 1 rings (SSSR count). The molecule has 0 saturated heterocycles. The van der Waals surface area contributed by atoms with Gasteiger partial charge in [-0.3, -0.25) is 4.79 Å². The minimum absolute atomic E-state index is 0.174. The van der Waals surface area contributed by atoms with Crippen molar-refractivity contribution in [2.24, 2.45) is 0 Å². The summed E-state index contributed by atoms with van der Waals surface area (Å²) < 4.78 is 39.5. The predicted molar refractivity (Wildman–Crippen MR) is 61.4 cm³/mol. The van der Waals surface area contributed by atoms with E-state index in [2.05, 4.69) is 4.74 Å². The molecule has 0 bridgehead atoms. The molecule has 0 amide bonds. The lowest BCUT2D eigenvalue weighted by Crippen LogP contribution is -2.17. The number of ether oxygens (including phenoxy) is 1. The number of benzene rings is 1. The van der Waals surface area contributed by atoms with Crippen molar-refractivity contribution in [3.05, 3.63) is 29.8 Å². The van der Waals surface area contributed by atoms with Crippen LogP contribution < -0.4 is 4.74 Å². The van der Waals surface area contributed by atoms with Crippen LogP contribution in [0.5, 0.6) is 5.75 Å². The standard InChI is InChI=1S/C13H15F3O2/c1-2-3-11(17)7-4-10-5-8-12(9-6-10)18-13(14,15)16/h5-6,8-9H,2-4,7H2,1H3. The van der Waals surface area contributed by atoms with E-state index in [0.717, 1.165) is 12.0 Å². The van der Waals surface area contributed by atoms with Crippen molar-refractivity contribution in [1.29, 1.82) is 0 Å². The summed E-state index contributed by atoms with van der Waals surface area (Å²) in [5.74, 6) is -0.0701. The zero-order valence-corrected chi connectivity index (χ0v) is 10.1. The van der Waals surface area contributed by atoms with Gasteiger partial charge in [0, 0.05) is 12.8 Å². The second kappa shape index (κ2) is 6.42. The largest absolute Gasteiger partial charge is 0.573 e. The second-order valence-corrected chi connectivity index (χ2v) is 3.98. The van der Waals surface area contributed by atoms with Gasteiger partial charge in [-0.05, 0) is 30.5 Å². The van der Waals surface area contributed by atoms with Crippen LogP contribution in [0.15, 0.2) is 24.3 Å². The number of Topliss-reactive ketones (excluding diaryl/α,β-unsaturated/α-hetero) is 1. The number of carbonyl (C=O) groups excluding carboxylic acids is 1. The summed E-state index contributed by atoms with van der Waals surface area (Å²) >= 11 is 0. The second-order valence-electron chi connectivity index (χ2n) is 3.98. The molecule has 0 saturated carbocycles. The Bertz CT molecular complexity index is 382. The maximum Gasteiger partial charge on any atom is 0.573 e. The van der Waals surface area contributed by atoms with Crippen molar-refractivity contribution in [3.8, 4) is 5.75 Å². The zero-order chi connectivity index (χ0) is 13.6. The number of carbonyl (C=O) groups is 1. The lowest BCUT2D eigenvalue weighted by atomic mass is 10.1. The fourth-order valence-corrected chi connectivity index (χ4v) is 1.55. The molecule has 0 fully saturated rings. The van der Waals surface area contributed by atoms with Gasteiger partial charge in [0.05, 0.1) is 0 Å². The Kier molecular flexibility index (Phi) is 5.19. The quantitative estimate of drug-likeness (QED) is 0.775. The molecule has 1 aromatic carbocycles. The zero-order valence-electron chi connectivity index (χ0n) is 10.1. The molecule has 0 aliphatic heterocycles. The number of hydrogen-bond acceptors (Lipinski definition) is 2. The van der Waals surface area contributed by atoms with Crippen LogP contribution in [-0.2, 0) is 11.2 Å². The number of halogens is 3. The third-order valence-electron chi connectivity index (χ3n) is 2.38. The van der Waals surface area contributed by atoms with Crippen molar-refractivity contribution < 1.29 is 22.7 Å². The van der Waals surface area contributed by atoms with E-state index in [9.17, 15) is 18.0 Å². The smallest absolute Gasteiger partial charge is 0.406 e. The van der Waals surface area contributed by atoms with Crippen LogP contribution in [0.25, 0.3) is 0 Å². The molecular formula is C13H15F3O2. The summed E-state index contributed by atoms with van der Waals surface area (Å²) in [5.41, 5.74) is 0.828. The monoisotopic (exact) mass is 260 g/mol.